The Morgan fingerprint density at radius 2 is 1.48 bits per heavy atom. The van der Waals surface area contributed by atoms with E-state index in [0.717, 1.165) is 16.9 Å². The smallest absolute Gasteiger partial charge is 0.227 e. The summed E-state index contributed by atoms with van der Waals surface area (Å²) < 4.78 is 10.4. The van der Waals surface area contributed by atoms with Gasteiger partial charge >= 0.3 is 0 Å². The molecule has 2 aromatic rings. The number of piperazine rings is 1. The summed E-state index contributed by atoms with van der Waals surface area (Å²) in [5.74, 6) is 1.22. The van der Waals surface area contributed by atoms with Crippen molar-refractivity contribution in [2.45, 2.75) is 25.8 Å². The van der Waals surface area contributed by atoms with Crippen LogP contribution in [0.25, 0.3) is 0 Å². The van der Waals surface area contributed by atoms with E-state index in [2.05, 4.69) is 5.32 Å². The first-order chi connectivity index (χ1) is 15.9. The molecule has 1 aliphatic heterocycles. The maximum absolute atomic E-state index is 13.0. The fourth-order valence-electron chi connectivity index (χ4n) is 3.91. The van der Waals surface area contributed by atoms with Crippen molar-refractivity contribution in [1.82, 2.24) is 15.1 Å². The highest BCUT2D eigenvalue weighted by Crippen LogP contribution is 2.22. The van der Waals surface area contributed by atoms with Crippen molar-refractivity contribution in [3.8, 4) is 11.5 Å². The number of benzene rings is 2. The lowest BCUT2D eigenvalue weighted by Gasteiger charge is -2.35. The van der Waals surface area contributed by atoms with Gasteiger partial charge in [-0.3, -0.25) is 14.4 Å². The standard InChI is InChI=1S/C25H31N3O5/c1-18(29)26-23(20-7-9-21(32-2)10-8-20)17-25(31)28-13-11-27(12-14-28)24(30)16-19-5-4-6-22(15-19)33-3/h4-10,15,23H,11-14,16-17H2,1-3H3,(H,26,29). The Bertz CT molecular complexity index is 968. The fourth-order valence-corrected chi connectivity index (χ4v) is 3.91. The predicted octanol–water partition coefficient (Wildman–Crippen LogP) is 2.18. The second-order valence-corrected chi connectivity index (χ2v) is 8.02. The lowest BCUT2D eigenvalue weighted by atomic mass is 10.0. The minimum Gasteiger partial charge on any atom is -0.497 e. The van der Waals surface area contributed by atoms with Crippen LogP contribution in [0.4, 0.5) is 0 Å². The van der Waals surface area contributed by atoms with Gasteiger partial charge in [0.05, 0.1) is 33.1 Å². The third-order valence-electron chi connectivity index (χ3n) is 5.75. The highest BCUT2D eigenvalue weighted by molar-refractivity contribution is 5.81. The summed E-state index contributed by atoms with van der Waals surface area (Å²) in [7, 11) is 3.19. The highest BCUT2D eigenvalue weighted by Gasteiger charge is 2.26. The average Bonchev–Trinajstić information content (AvgIpc) is 2.83. The first-order valence-corrected chi connectivity index (χ1v) is 11.0. The molecule has 3 rings (SSSR count). The molecule has 1 heterocycles. The van der Waals surface area contributed by atoms with Gasteiger partial charge in [-0.2, -0.15) is 0 Å². The zero-order chi connectivity index (χ0) is 23.8. The van der Waals surface area contributed by atoms with Crippen LogP contribution in [0.2, 0.25) is 0 Å². The summed E-state index contributed by atoms with van der Waals surface area (Å²) in [5.41, 5.74) is 1.74. The number of methoxy groups -OCH3 is 2. The van der Waals surface area contributed by atoms with Gasteiger partial charge in [-0.05, 0) is 35.4 Å². The minimum absolute atomic E-state index is 0.0321. The molecule has 1 aliphatic rings. The van der Waals surface area contributed by atoms with Crippen molar-refractivity contribution in [3.05, 3.63) is 59.7 Å². The number of carbonyl (C=O) groups is 3. The molecule has 0 bridgehead atoms. The maximum atomic E-state index is 13.0. The number of rotatable bonds is 8. The van der Waals surface area contributed by atoms with Gasteiger partial charge in [0.2, 0.25) is 17.7 Å². The minimum atomic E-state index is -0.423. The van der Waals surface area contributed by atoms with E-state index in [0.29, 0.717) is 38.3 Å². The SMILES string of the molecule is COc1ccc(C(CC(=O)N2CCN(C(=O)Cc3cccc(OC)c3)CC2)NC(C)=O)cc1. The van der Waals surface area contributed by atoms with E-state index in [9.17, 15) is 14.4 Å². The van der Waals surface area contributed by atoms with Gasteiger partial charge in [0.15, 0.2) is 0 Å². The van der Waals surface area contributed by atoms with Crippen molar-refractivity contribution >= 4 is 17.7 Å². The zero-order valence-electron chi connectivity index (χ0n) is 19.4. The molecule has 0 radical (unpaired) electrons. The highest BCUT2D eigenvalue weighted by atomic mass is 16.5. The molecule has 3 amide bonds. The molecule has 0 saturated carbocycles. The van der Waals surface area contributed by atoms with Crippen LogP contribution in [0.3, 0.4) is 0 Å². The largest absolute Gasteiger partial charge is 0.497 e. The van der Waals surface area contributed by atoms with Crippen molar-refractivity contribution in [1.29, 1.82) is 0 Å². The topological polar surface area (TPSA) is 88.2 Å². The second kappa shape index (κ2) is 11.4. The number of nitrogens with one attached hydrogen (secondary N) is 1. The van der Waals surface area contributed by atoms with E-state index in [1.807, 2.05) is 36.4 Å². The number of ether oxygens (including phenoxy) is 2. The lowest BCUT2D eigenvalue weighted by Crippen LogP contribution is -2.51. The molecule has 1 atom stereocenters. The molecule has 1 unspecified atom stereocenters. The van der Waals surface area contributed by atoms with E-state index in [-0.39, 0.29) is 24.1 Å². The molecule has 8 nitrogen and oxygen atoms in total. The van der Waals surface area contributed by atoms with Gasteiger partial charge in [-0.25, -0.2) is 0 Å². The monoisotopic (exact) mass is 453 g/mol. The Labute approximate surface area is 194 Å². The van der Waals surface area contributed by atoms with Crippen LogP contribution < -0.4 is 14.8 Å². The Morgan fingerprint density at radius 1 is 0.879 bits per heavy atom. The van der Waals surface area contributed by atoms with Crippen molar-refractivity contribution in [2.24, 2.45) is 0 Å². The first-order valence-electron chi connectivity index (χ1n) is 11.0. The van der Waals surface area contributed by atoms with Crippen molar-refractivity contribution in [2.75, 3.05) is 40.4 Å². The third kappa shape index (κ3) is 6.71. The molecule has 0 aliphatic carbocycles. The number of hydrogen-bond acceptors (Lipinski definition) is 5. The summed E-state index contributed by atoms with van der Waals surface area (Å²) in [6.07, 6.45) is 0.455. The third-order valence-corrected chi connectivity index (χ3v) is 5.75. The van der Waals surface area contributed by atoms with Gasteiger partial charge in [-0.15, -0.1) is 0 Å². The summed E-state index contributed by atoms with van der Waals surface area (Å²) in [6, 6.07) is 14.4. The Balaban J connectivity index is 1.55. The Hall–Kier alpha value is -3.55. The molecule has 33 heavy (non-hydrogen) atoms. The van der Waals surface area contributed by atoms with Crippen LogP contribution in [0.1, 0.15) is 30.5 Å². The Morgan fingerprint density at radius 3 is 2.06 bits per heavy atom. The Kier molecular flexibility index (Phi) is 8.29. The van der Waals surface area contributed by atoms with Crippen molar-refractivity contribution < 1.29 is 23.9 Å². The van der Waals surface area contributed by atoms with Crippen LogP contribution in [0, 0.1) is 0 Å². The summed E-state index contributed by atoms with van der Waals surface area (Å²) in [4.78, 5) is 40.9. The summed E-state index contributed by atoms with van der Waals surface area (Å²) >= 11 is 0. The van der Waals surface area contributed by atoms with E-state index in [4.69, 9.17) is 9.47 Å². The van der Waals surface area contributed by atoms with Crippen LogP contribution in [-0.4, -0.2) is 67.9 Å². The van der Waals surface area contributed by atoms with Crippen molar-refractivity contribution in [3.63, 3.8) is 0 Å². The number of amides is 3. The first kappa shape index (κ1) is 24.1. The molecule has 1 fully saturated rings. The molecule has 0 spiro atoms. The molecule has 1 N–H and O–H groups in total. The average molecular weight is 454 g/mol. The number of carbonyl (C=O) groups excluding carboxylic acids is 3. The molecule has 0 aromatic heterocycles. The molecular weight excluding hydrogens is 422 g/mol. The van der Waals surface area contributed by atoms with Crippen LogP contribution in [-0.2, 0) is 20.8 Å². The van der Waals surface area contributed by atoms with Gasteiger partial charge in [0.25, 0.3) is 0 Å². The van der Waals surface area contributed by atoms with E-state index >= 15 is 0 Å². The van der Waals surface area contributed by atoms with E-state index in [1.165, 1.54) is 6.92 Å². The second-order valence-electron chi connectivity index (χ2n) is 8.02. The lowest BCUT2D eigenvalue weighted by molar-refractivity contribution is -0.139. The normalized spacial score (nSPS) is 14.4. The molecule has 8 heteroatoms. The predicted molar refractivity (Wildman–Crippen MR) is 124 cm³/mol. The van der Waals surface area contributed by atoms with Gasteiger partial charge in [-0.1, -0.05) is 24.3 Å². The van der Waals surface area contributed by atoms with Gasteiger partial charge < -0.3 is 24.6 Å². The molecular formula is C25H31N3O5. The summed E-state index contributed by atoms with van der Waals surface area (Å²) in [6.45, 7) is 3.35. The van der Waals surface area contributed by atoms with Gasteiger partial charge in [0.1, 0.15) is 11.5 Å². The number of hydrogen-bond donors (Lipinski definition) is 1. The quantitative estimate of drug-likeness (QED) is 0.662. The van der Waals surface area contributed by atoms with Crippen LogP contribution in [0.15, 0.2) is 48.5 Å². The maximum Gasteiger partial charge on any atom is 0.227 e. The van der Waals surface area contributed by atoms with Crippen LogP contribution in [0.5, 0.6) is 11.5 Å². The molecule has 176 valence electrons. The molecule has 2 aromatic carbocycles. The fraction of sp³-hybridized carbons (Fsp3) is 0.400. The number of nitrogens with zero attached hydrogens (tertiary/aromatic N) is 2. The van der Waals surface area contributed by atoms with E-state index in [1.54, 1.807) is 36.2 Å². The zero-order valence-corrected chi connectivity index (χ0v) is 19.4. The van der Waals surface area contributed by atoms with Crippen LogP contribution >= 0.6 is 0 Å². The summed E-state index contributed by atoms with van der Waals surface area (Å²) in [5, 5.41) is 2.87. The molecule has 1 saturated heterocycles. The van der Waals surface area contributed by atoms with E-state index < -0.39 is 6.04 Å². The van der Waals surface area contributed by atoms with Gasteiger partial charge in [0, 0.05) is 33.1 Å².